The van der Waals surface area contributed by atoms with E-state index in [0.717, 1.165) is 17.3 Å². The predicted molar refractivity (Wildman–Crippen MR) is 101 cm³/mol. The second-order valence-electron chi connectivity index (χ2n) is 5.38. The van der Waals surface area contributed by atoms with E-state index in [-0.39, 0.29) is 11.7 Å². The maximum atomic E-state index is 13.1. The largest absolute Gasteiger partial charge is 0.497 e. The molecule has 0 aliphatic carbocycles. The second kappa shape index (κ2) is 8.54. The number of hydrogen-bond donors (Lipinski definition) is 2. The summed E-state index contributed by atoms with van der Waals surface area (Å²) in [6.45, 7) is 0. The van der Waals surface area contributed by atoms with Crippen LogP contribution in [0.5, 0.6) is 11.5 Å². The SMILES string of the molecule is COc1ccc(-c2nc(SCC(=O)Nc3cccc(F)c3)n[nH]2)c(OC)c1. The molecule has 27 heavy (non-hydrogen) atoms. The first-order valence-electron chi connectivity index (χ1n) is 7.92. The molecule has 0 unspecified atom stereocenters. The fourth-order valence-corrected chi connectivity index (χ4v) is 2.92. The zero-order valence-electron chi connectivity index (χ0n) is 14.7. The van der Waals surface area contributed by atoms with Crippen molar-refractivity contribution in [2.75, 3.05) is 25.3 Å². The maximum Gasteiger partial charge on any atom is 0.234 e. The van der Waals surface area contributed by atoms with Crippen molar-refractivity contribution in [1.29, 1.82) is 0 Å². The highest BCUT2D eigenvalue weighted by molar-refractivity contribution is 7.99. The molecule has 0 spiro atoms. The fourth-order valence-electron chi connectivity index (χ4n) is 2.32. The third-order valence-electron chi connectivity index (χ3n) is 3.57. The fraction of sp³-hybridized carbons (Fsp3) is 0.167. The average Bonchev–Trinajstić information content (AvgIpc) is 3.14. The minimum atomic E-state index is -0.410. The van der Waals surface area contributed by atoms with Gasteiger partial charge in [-0.1, -0.05) is 17.8 Å². The summed E-state index contributed by atoms with van der Waals surface area (Å²) in [5, 5.41) is 9.97. The van der Waals surface area contributed by atoms with E-state index in [9.17, 15) is 9.18 Å². The summed E-state index contributed by atoms with van der Waals surface area (Å²) in [5.41, 5.74) is 1.13. The summed E-state index contributed by atoms with van der Waals surface area (Å²) in [6.07, 6.45) is 0. The van der Waals surface area contributed by atoms with Crippen LogP contribution in [-0.4, -0.2) is 41.1 Å². The van der Waals surface area contributed by atoms with Gasteiger partial charge in [-0.3, -0.25) is 9.89 Å². The normalized spacial score (nSPS) is 10.5. The molecule has 1 heterocycles. The summed E-state index contributed by atoms with van der Waals surface area (Å²) >= 11 is 1.16. The molecule has 0 atom stereocenters. The lowest BCUT2D eigenvalue weighted by Gasteiger charge is -2.07. The Morgan fingerprint density at radius 1 is 1.22 bits per heavy atom. The molecular weight excluding hydrogens is 371 g/mol. The van der Waals surface area contributed by atoms with Crippen LogP contribution >= 0.6 is 11.8 Å². The van der Waals surface area contributed by atoms with Crippen LogP contribution in [0.3, 0.4) is 0 Å². The van der Waals surface area contributed by atoms with Crippen LogP contribution in [0.1, 0.15) is 0 Å². The van der Waals surface area contributed by atoms with Crippen LogP contribution in [0.2, 0.25) is 0 Å². The Morgan fingerprint density at radius 3 is 2.81 bits per heavy atom. The number of aromatic nitrogens is 3. The van der Waals surface area contributed by atoms with E-state index in [2.05, 4.69) is 20.5 Å². The van der Waals surface area contributed by atoms with E-state index in [1.807, 2.05) is 6.07 Å². The molecule has 2 aromatic carbocycles. The van der Waals surface area contributed by atoms with Crippen LogP contribution in [-0.2, 0) is 4.79 Å². The molecule has 7 nitrogen and oxygen atoms in total. The Morgan fingerprint density at radius 2 is 2.07 bits per heavy atom. The van der Waals surface area contributed by atoms with E-state index >= 15 is 0 Å². The smallest absolute Gasteiger partial charge is 0.234 e. The number of benzene rings is 2. The predicted octanol–water partition coefficient (Wildman–Crippen LogP) is 3.36. The molecule has 3 rings (SSSR count). The lowest BCUT2D eigenvalue weighted by atomic mass is 10.2. The Hall–Kier alpha value is -3.07. The van der Waals surface area contributed by atoms with Gasteiger partial charge in [0.25, 0.3) is 0 Å². The van der Waals surface area contributed by atoms with Gasteiger partial charge in [0.05, 0.1) is 25.5 Å². The number of ether oxygens (including phenoxy) is 2. The van der Waals surface area contributed by atoms with Gasteiger partial charge < -0.3 is 14.8 Å². The summed E-state index contributed by atoms with van der Waals surface area (Å²) < 4.78 is 23.7. The van der Waals surface area contributed by atoms with Crippen molar-refractivity contribution in [3.8, 4) is 22.9 Å². The van der Waals surface area contributed by atoms with Gasteiger partial charge in [-0.15, -0.1) is 5.10 Å². The van der Waals surface area contributed by atoms with Gasteiger partial charge in [0.2, 0.25) is 11.1 Å². The first-order chi connectivity index (χ1) is 13.1. The van der Waals surface area contributed by atoms with E-state index in [0.29, 0.717) is 28.2 Å². The highest BCUT2D eigenvalue weighted by atomic mass is 32.2. The Kier molecular flexibility index (Phi) is 5.92. The number of rotatable bonds is 7. The Balaban J connectivity index is 1.63. The number of thioether (sulfide) groups is 1. The number of nitrogens with zero attached hydrogens (tertiary/aromatic N) is 2. The summed E-state index contributed by atoms with van der Waals surface area (Å²) in [6, 6.07) is 11.1. The third kappa shape index (κ3) is 4.76. The van der Waals surface area contributed by atoms with Crippen molar-refractivity contribution in [3.63, 3.8) is 0 Å². The van der Waals surface area contributed by atoms with Gasteiger partial charge in [-0.05, 0) is 30.3 Å². The van der Waals surface area contributed by atoms with Gasteiger partial charge in [0, 0.05) is 11.8 Å². The maximum absolute atomic E-state index is 13.1. The van der Waals surface area contributed by atoms with E-state index in [1.165, 1.54) is 18.2 Å². The molecule has 0 aliphatic heterocycles. The number of methoxy groups -OCH3 is 2. The zero-order valence-corrected chi connectivity index (χ0v) is 15.5. The van der Waals surface area contributed by atoms with Crippen LogP contribution in [0.15, 0.2) is 47.6 Å². The number of H-pyrrole nitrogens is 1. The average molecular weight is 388 g/mol. The van der Waals surface area contributed by atoms with Crippen molar-refractivity contribution in [1.82, 2.24) is 15.2 Å². The highest BCUT2D eigenvalue weighted by Crippen LogP contribution is 2.32. The van der Waals surface area contributed by atoms with Crippen LogP contribution in [0, 0.1) is 5.82 Å². The molecule has 0 saturated carbocycles. The molecule has 9 heteroatoms. The van der Waals surface area contributed by atoms with Crippen LogP contribution in [0.4, 0.5) is 10.1 Å². The van der Waals surface area contributed by atoms with E-state index < -0.39 is 5.82 Å². The monoisotopic (exact) mass is 388 g/mol. The van der Waals surface area contributed by atoms with Crippen molar-refractivity contribution < 1.29 is 18.7 Å². The molecule has 0 aliphatic rings. The number of hydrogen-bond acceptors (Lipinski definition) is 6. The number of aromatic amines is 1. The Labute approximate surface area is 159 Å². The van der Waals surface area contributed by atoms with Crippen molar-refractivity contribution >= 4 is 23.4 Å². The number of anilines is 1. The van der Waals surface area contributed by atoms with Gasteiger partial charge >= 0.3 is 0 Å². The number of halogens is 1. The van der Waals surface area contributed by atoms with Crippen molar-refractivity contribution in [2.24, 2.45) is 0 Å². The highest BCUT2D eigenvalue weighted by Gasteiger charge is 2.13. The van der Waals surface area contributed by atoms with Crippen LogP contribution in [0.25, 0.3) is 11.4 Å². The molecule has 3 aromatic rings. The molecule has 2 N–H and O–H groups in total. The molecule has 1 aromatic heterocycles. The van der Waals surface area contributed by atoms with Gasteiger partial charge in [-0.2, -0.15) is 0 Å². The summed E-state index contributed by atoms with van der Waals surface area (Å²) in [5.74, 6) is 1.17. The van der Waals surface area contributed by atoms with Gasteiger partial charge in [0.15, 0.2) is 5.82 Å². The standard InChI is InChI=1S/C18H17FN4O3S/c1-25-13-6-7-14(15(9-13)26-2)17-21-18(23-22-17)27-10-16(24)20-12-5-3-4-11(19)8-12/h3-9H,10H2,1-2H3,(H,20,24)(H,21,22,23). The molecule has 0 saturated heterocycles. The first kappa shape index (κ1) is 18.7. The minimum absolute atomic E-state index is 0.0908. The summed E-state index contributed by atoms with van der Waals surface area (Å²) in [4.78, 5) is 16.4. The molecule has 1 amide bonds. The summed E-state index contributed by atoms with van der Waals surface area (Å²) in [7, 11) is 3.13. The number of amides is 1. The molecule has 0 bridgehead atoms. The topological polar surface area (TPSA) is 89.1 Å². The minimum Gasteiger partial charge on any atom is -0.497 e. The van der Waals surface area contributed by atoms with Crippen molar-refractivity contribution in [3.05, 3.63) is 48.3 Å². The molecular formula is C18H17FN4O3S. The number of carbonyl (C=O) groups excluding carboxylic acids is 1. The zero-order chi connectivity index (χ0) is 19.2. The number of nitrogens with one attached hydrogen (secondary N) is 2. The number of carbonyl (C=O) groups is 1. The lowest BCUT2D eigenvalue weighted by Crippen LogP contribution is -2.14. The molecule has 140 valence electrons. The lowest BCUT2D eigenvalue weighted by molar-refractivity contribution is -0.113. The van der Waals surface area contributed by atoms with E-state index in [1.54, 1.807) is 32.4 Å². The quantitative estimate of drug-likeness (QED) is 0.604. The second-order valence-corrected chi connectivity index (χ2v) is 6.32. The molecule has 0 radical (unpaired) electrons. The van der Waals surface area contributed by atoms with Gasteiger partial charge in [0.1, 0.15) is 17.3 Å². The first-order valence-corrected chi connectivity index (χ1v) is 8.90. The van der Waals surface area contributed by atoms with Gasteiger partial charge in [-0.25, -0.2) is 9.37 Å². The third-order valence-corrected chi connectivity index (χ3v) is 4.42. The van der Waals surface area contributed by atoms with E-state index in [4.69, 9.17) is 9.47 Å². The Bertz CT molecular complexity index is 948. The van der Waals surface area contributed by atoms with Crippen molar-refractivity contribution in [2.45, 2.75) is 5.16 Å². The molecule has 0 fully saturated rings. The van der Waals surface area contributed by atoms with Crippen LogP contribution < -0.4 is 14.8 Å².